The highest BCUT2D eigenvalue weighted by molar-refractivity contribution is 9.10. The van der Waals surface area contributed by atoms with Crippen molar-refractivity contribution in [2.24, 2.45) is 0 Å². The highest BCUT2D eigenvalue weighted by atomic mass is 79.9. The number of fused-ring (bicyclic) bond motifs is 1. The predicted molar refractivity (Wildman–Crippen MR) is 145 cm³/mol. The van der Waals surface area contributed by atoms with E-state index in [1.54, 1.807) is 36.6 Å². The van der Waals surface area contributed by atoms with E-state index in [9.17, 15) is 4.79 Å². The van der Waals surface area contributed by atoms with Crippen LogP contribution >= 0.6 is 39.5 Å². The van der Waals surface area contributed by atoms with E-state index in [1.807, 2.05) is 30.3 Å². The number of ether oxygens (including phenoxy) is 2. The number of carbonyl (C=O) groups excluding carboxylic acids is 1. The van der Waals surface area contributed by atoms with E-state index >= 15 is 0 Å². The number of carbonyl (C=O) groups is 1. The minimum atomic E-state index is -0.317. The number of nitrogens with zero attached hydrogens (tertiary/aromatic N) is 1. The minimum absolute atomic E-state index is 0.213. The molecule has 4 rings (SSSR count). The van der Waals surface area contributed by atoms with Crippen molar-refractivity contribution < 1.29 is 14.3 Å². The summed E-state index contributed by atoms with van der Waals surface area (Å²) in [6.07, 6.45) is 0. The van der Waals surface area contributed by atoms with Crippen molar-refractivity contribution in [3.63, 3.8) is 0 Å². The van der Waals surface area contributed by atoms with Gasteiger partial charge in [-0.05, 0) is 95.2 Å². The van der Waals surface area contributed by atoms with Gasteiger partial charge in [0.25, 0.3) is 5.91 Å². The van der Waals surface area contributed by atoms with Gasteiger partial charge in [0.05, 0.1) is 21.3 Å². The Morgan fingerprint density at radius 1 is 1.09 bits per heavy atom. The fraction of sp³-hybridized carbons (Fsp3) is 0.160. The molecule has 4 aromatic rings. The number of hydrogen-bond donors (Lipinski definition) is 2. The molecule has 0 fully saturated rings. The summed E-state index contributed by atoms with van der Waals surface area (Å²) in [5, 5.41) is 6.92. The van der Waals surface area contributed by atoms with Crippen LogP contribution in [0.1, 0.15) is 15.9 Å². The normalized spacial score (nSPS) is 10.8. The second kappa shape index (κ2) is 11.1. The van der Waals surface area contributed by atoms with Gasteiger partial charge in [-0.25, -0.2) is 4.98 Å². The van der Waals surface area contributed by atoms with Gasteiger partial charge in [-0.15, -0.1) is 11.3 Å². The SMILES string of the molecule is COCCOc1ccc(C(=O)NC(=S)Nc2ccc(-c3nc4ccc(C)cc4s3)cc2)cc1Br. The number of methoxy groups -OCH3 is 1. The maximum absolute atomic E-state index is 12.6. The third-order valence-electron chi connectivity index (χ3n) is 4.90. The third-order valence-corrected chi connectivity index (χ3v) is 6.79. The lowest BCUT2D eigenvalue weighted by Gasteiger charge is -2.12. The van der Waals surface area contributed by atoms with E-state index in [0.717, 1.165) is 21.8 Å². The molecule has 0 aliphatic carbocycles. The number of hydrogen-bond acceptors (Lipinski definition) is 6. The summed E-state index contributed by atoms with van der Waals surface area (Å²) in [5.41, 5.74) is 4.47. The maximum Gasteiger partial charge on any atom is 0.257 e. The van der Waals surface area contributed by atoms with E-state index in [1.165, 1.54) is 10.3 Å². The molecule has 1 heterocycles. The van der Waals surface area contributed by atoms with Crippen LogP contribution in [0.15, 0.2) is 65.1 Å². The van der Waals surface area contributed by atoms with Crippen LogP contribution < -0.4 is 15.4 Å². The second-order valence-corrected chi connectivity index (χ2v) is 9.76. The quantitative estimate of drug-likeness (QED) is 0.209. The highest BCUT2D eigenvalue weighted by Gasteiger charge is 2.12. The van der Waals surface area contributed by atoms with Gasteiger partial charge in [-0.2, -0.15) is 0 Å². The number of amides is 1. The Morgan fingerprint density at radius 2 is 1.88 bits per heavy atom. The molecule has 0 atom stereocenters. The van der Waals surface area contributed by atoms with E-state index in [4.69, 9.17) is 26.7 Å². The van der Waals surface area contributed by atoms with Crippen molar-refractivity contribution in [3.8, 4) is 16.3 Å². The van der Waals surface area contributed by atoms with Crippen LogP contribution in [0.5, 0.6) is 5.75 Å². The van der Waals surface area contributed by atoms with Crippen molar-refractivity contribution in [3.05, 3.63) is 76.3 Å². The summed E-state index contributed by atoms with van der Waals surface area (Å²) in [4.78, 5) is 17.3. The topological polar surface area (TPSA) is 72.5 Å². The Bertz CT molecular complexity index is 1340. The molecule has 0 saturated heterocycles. The Kier molecular flexibility index (Phi) is 7.89. The van der Waals surface area contributed by atoms with Gasteiger partial charge in [0.1, 0.15) is 17.4 Å². The second-order valence-electron chi connectivity index (χ2n) is 7.46. The zero-order valence-corrected chi connectivity index (χ0v) is 21.8. The number of benzene rings is 3. The molecule has 9 heteroatoms. The molecule has 0 aliphatic rings. The molecule has 2 N–H and O–H groups in total. The third kappa shape index (κ3) is 5.98. The van der Waals surface area contributed by atoms with Gasteiger partial charge in [0, 0.05) is 23.9 Å². The molecule has 3 aromatic carbocycles. The summed E-state index contributed by atoms with van der Waals surface area (Å²) in [6.45, 7) is 2.98. The molecule has 174 valence electrons. The maximum atomic E-state index is 12.6. The van der Waals surface area contributed by atoms with Crippen LogP contribution in [0.4, 0.5) is 5.69 Å². The average Bonchev–Trinajstić information content (AvgIpc) is 3.23. The number of nitrogens with one attached hydrogen (secondary N) is 2. The number of rotatable bonds is 7. The molecule has 1 amide bonds. The summed E-state index contributed by atoms with van der Waals surface area (Å²) < 4.78 is 12.4. The molecular formula is C25H22BrN3O3S2. The van der Waals surface area contributed by atoms with E-state index < -0.39 is 0 Å². The lowest BCUT2D eigenvalue weighted by atomic mass is 10.2. The monoisotopic (exact) mass is 555 g/mol. The van der Waals surface area contributed by atoms with Crippen LogP contribution in [0.25, 0.3) is 20.8 Å². The molecule has 1 aromatic heterocycles. The molecule has 0 radical (unpaired) electrons. The average molecular weight is 557 g/mol. The van der Waals surface area contributed by atoms with Crippen LogP contribution in [0, 0.1) is 6.92 Å². The first-order valence-corrected chi connectivity index (χ1v) is 12.5. The summed E-state index contributed by atoms with van der Waals surface area (Å²) in [5.74, 6) is 0.320. The number of aromatic nitrogens is 1. The largest absolute Gasteiger partial charge is 0.490 e. The smallest absolute Gasteiger partial charge is 0.257 e. The van der Waals surface area contributed by atoms with Crippen LogP contribution in [-0.2, 0) is 4.74 Å². The van der Waals surface area contributed by atoms with E-state index in [2.05, 4.69) is 45.6 Å². The summed E-state index contributed by atoms with van der Waals surface area (Å²) >= 11 is 10.4. The Balaban J connectivity index is 1.36. The first-order valence-electron chi connectivity index (χ1n) is 10.4. The molecule has 6 nitrogen and oxygen atoms in total. The van der Waals surface area contributed by atoms with Gasteiger partial charge in [0.15, 0.2) is 5.11 Å². The van der Waals surface area contributed by atoms with Crippen molar-refractivity contribution >= 4 is 66.4 Å². The van der Waals surface area contributed by atoms with Gasteiger partial charge in [0.2, 0.25) is 0 Å². The fourth-order valence-corrected chi connectivity index (χ4v) is 4.96. The fourth-order valence-electron chi connectivity index (χ4n) is 3.18. The van der Waals surface area contributed by atoms with Gasteiger partial charge in [-0.3, -0.25) is 10.1 Å². The zero-order valence-electron chi connectivity index (χ0n) is 18.6. The van der Waals surface area contributed by atoms with Gasteiger partial charge in [-0.1, -0.05) is 6.07 Å². The molecule has 0 aliphatic heterocycles. The molecule has 0 bridgehead atoms. The highest BCUT2D eigenvalue weighted by Crippen LogP contribution is 2.31. The van der Waals surface area contributed by atoms with Crippen molar-refractivity contribution in [1.29, 1.82) is 0 Å². The first-order chi connectivity index (χ1) is 16.4. The molecule has 0 unspecified atom stereocenters. The lowest BCUT2D eigenvalue weighted by Crippen LogP contribution is -2.34. The molecular weight excluding hydrogens is 534 g/mol. The van der Waals surface area contributed by atoms with E-state index in [0.29, 0.717) is 29.0 Å². The molecule has 0 spiro atoms. The van der Waals surface area contributed by atoms with Crippen LogP contribution in [-0.4, -0.2) is 36.3 Å². The van der Waals surface area contributed by atoms with Crippen molar-refractivity contribution in [2.75, 3.05) is 25.6 Å². The number of aryl methyl sites for hydroxylation is 1. The number of thiazole rings is 1. The van der Waals surface area contributed by atoms with Crippen molar-refractivity contribution in [2.45, 2.75) is 6.92 Å². The van der Waals surface area contributed by atoms with Crippen LogP contribution in [0.3, 0.4) is 0 Å². The van der Waals surface area contributed by atoms with Gasteiger partial charge < -0.3 is 14.8 Å². The minimum Gasteiger partial charge on any atom is -0.490 e. The number of anilines is 1. The zero-order chi connectivity index (χ0) is 24.1. The Hall–Kier alpha value is -2.85. The number of thiocarbonyl (C=S) groups is 1. The molecule has 34 heavy (non-hydrogen) atoms. The lowest BCUT2D eigenvalue weighted by molar-refractivity contribution is 0.0977. The predicted octanol–water partition coefficient (Wildman–Crippen LogP) is 6.19. The number of halogens is 1. The Morgan fingerprint density at radius 3 is 2.62 bits per heavy atom. The summed E-state index contributed by atoms with van der Waals surface area (Å²) in [6, 6.07) is 19.1. The Labute approximate surface area is 215 Å². The van der Waals surface area contributed by atoms with E-state index in [-0.39, 0.29) is 11.0 Å². The van der Waals surface area contributed by atoms with Crippen molar-refractivity contribution in [1.82, 2.24) is 10.3 Å². The van der Waals surface area contributed by atoms with Crippen LogP contribution in [0.2, 0.25) is 0 Å². The van der Waals surface area contributed by atoms with Gasteiger partial charge >= 0.3 is 0 Å². The molecule has 0 saturated carbocycles. The summed E-state index contributed by atoms with van der Waals surface area (Å²) in [7, 11) is 1.61. The standard InChI is InChI=1S/C25H22BrN3O3S2/c1-15-3-9-20-22(13-15)34-24(28-20)16-4-7-18(8-5-16)27-25(33)29-23(30)17-6-10-21(19(26)14-17)32-12-11-31-2/h3-10,13-14H,11-12H2,1-2H3,(H2,27,29,30,33). The first kappa shape index (κ1) is 24.3.